The topological polar surface area (TPSA) is 115 Å². The number of amides is 1. The Morgan fingerprint density at radius 1 is 1.26 bits per heavy atom. The van der Waals surface area contributed by atoms with Crippen LogP contribution >= 0.6 is 22.9 Å². The molecule has 3 fully saturated rings. The molecule has 0 bridgehead atoms. The molecule has 14 heteroatoms. The van der Waals surface area contributed by atoms with Crippen LogP contribution in [-0.2, 0) is 4.79 Å². The van der Waals surface area contributed by atoms with Crippen LogP contribution in [0.15, 0.2) is 18.2 Å². The smallest absolute Gasteiger partial charge is 0.319 e. The van der Waals surface area contributed by atoms with Crippen molar-refractivity contribution in [3.8, 4) is 17.1 Å². The number of carbonyl (C=O) groups is 1. The van der Waals surface area contributed by atoms with Gasteiger partial charge in [-0.1, -0.05) is 17.7 Å². The lowest BCUT2D eigenvalue weighted by Gasteiger charge is -2.39. The van der Waals surface area contributed by atoms with Gasteiger partial charge in [-0.05, 0) is 56.8 Å². The minimum Gasteiger partial charge on any atom is -0.461 e. The lowest BCUT2D eigenvalue weighted by atomic mass is 9.81. The number of aromatic nitrogens is 2. The number of nitrogens with zero attached hydrogens (tertiary/aromatic N) is 5. The van der Waals surface area contributed by atoms with E-state index in [1.807, 2.05) is 4.90 Å². The zero-order chi connectivity index (χ0) is 32.5. The SMILES string of the molecule is [C-]#[N+]c1c(N)sc2c(F)ccc(-c3c(Cl)cc4c(N5CCCC(C)(C(N)=O)C5)nc(OC[C@@]56CCCN5C[C@H](F)C6)nc4c3F)c12. The summed E-state index contributed by atoms with van der Waals surface area (Å²) in [5.41, 5.74) is 10.5. The molecule has 3 aliphatic heterocycles. The van der Waals surface area contributed by atoms with Crippen LogP contribution in [-0.4, -0.2) is 65.3 Å². The lowest BCUT2D eigenvalue weighted by Crippen LogP contribution is -2.49. The standard InChI is InChI=1S/C32H31ClF3N7O2S/c1-31(29(38)44)7-3-9-42(14-31)28-18-11-19(33)21(17-5-6-20(35)26-22(17)25(39-2)27(37)46-26)23(36)24(18)40-30(41-28)45-15-32-8-4-10-43(32)13-16(34)12-32/h5-6,11,16H,3-4,7-10,12-15,37H2,1H3,(H2,38,44)/t16-,31?,32+/m1/s1. The van der Waals surface area contributed by atoms with E-state index >= 15 is 4.39 Å². The molecule has 2 aromatic heterocycles. The fourth-order valence-electron chi connectivity index (χ4n) is 7.47. The number of thiophene rings is 1. The normalized spacial score (nSPS) is 24.9. The average molecular weight is 670 g/mol. The van der Waals surface area contributed by atoms with E-state index in [0.29, 0.717) is 38.2 Å². The van der Waals surface area contributed by atoms with E-state index in [0.717, 1.165) is 30.7 Å². The number of nitrogen functional groups attached to an aromatic ring is 1. The van der Waals surface area contributed by atoms with Crippen LogP contribution in [0.25, 0.3) is 37.0 Å². The van der Waals surface area contributed by atoms with Gasteiger partial charge in [-0.3, -0.25) is 9.69 Å². The van der Waals surface area contributed by atoms with Gasteiger partial charge in [0.05, 0.1) is 32.2 Å². The third kappa shape index (κ3) is 4.80. The highest BCUT2D eigenvalue weighted by atomic mass is 35.5. The maximum absolute atomic E-state index is 16.9. The van der Waals surface area contributed by atoms with E-state index < -0.39 is 34.7 Å². The summed E-state index contributed by atoms with van der Waals surface area (Å²) in [7, 11) is 0. The third-order valence-electron chi connectivity index (χ3n) is 9.84. The van der Waals surface area contributed by atoms with E-state index in [1.54, 1.807) is 6.92 Å². The predicted molar refractivity (Wildman–Crippen MR) is 173 cm³/mol. The van der Waals surface area contributed by atoms with Gasteiger partial charge in [0.1, 0.15) is 29.9 Å². The lowest BCUT2D eigenvalue weighted by molar-refractivity contribution is -0.127. The summed E-state index contributed by atoms with van der Waals surface area (Å²) in [6, 6.07) is 4.00. The Hall–Kier alpha value is -3.86. The molecule has 7 rings (SSSR count). The van der Waals surface area contributed by atoms with E-state index in [-0.39, 0.29) is 67.0 Å². The van der Waals surface area contributed by atoms with Crippen LogP contribution in [0.4, 0.5) is 29.7 Å². The van der Waals surface area contributed by atoms with Crippen molar-refractivity contribution in [1.29, 1.82) is 0 Å². The summed E-state index contributed by atoms with van der Waals surface area (Å²) in [6.07, 6.45) is 2.27. The van der Waals surface area contributed by atoms with Crippen molar-refractivity contribution in [2.75, 3.05) is 43.4 Å². The van der Waals surface area contributed by atoms with Crippen molar-refractivity contribution in [3.05, 3.63) is 46.3 Å². The number of rotatable bonds is 6. The molecule has 46 heavy (non-hydrogen) atoms. The number of anilines is 2. The van der Waals surface area contributed by atoms with Crippen LogP contribution < -0.4 is 21.1 Å². The van der Waals surface area contributed by atoms with Crippen LogP contribution in [0, 0.1) is 23.6 Å². The molecular formula is C32H31ClF3N7O2S. The Bertz CT molecular complexity index is 1970. The number of piperidine rings is 1. The molecule has 2 aromatic carbocycles. The number of halogens is 4. The van der Waals surface area contributed by atoms with Crippen molar-refractivity contribution >= 4 is 66.3 Å². The number of carbonyl (C=O) groups excluding carboxylic acids is 1. The molecular weight excluding hydrogens is 639 g/mol. The number of hydrogen-bond acceptors (Lipinski definition) is 8. The number of benzene rings is 2. The Morgan fingerprint density at radius 2 is 2.04 bits per heavy atom. The number of nitrogens with two attached hydrogens (primary N) is 2. The molecule has 1 amide bonds. The second-order valence-corrected chi connectivity index (χ2v) is 14.3. The minimum absolute atomic E-state index is 0.00719. The van der Waals surface area contributed by atoms with Gasteiger partial charge in [-0.25, -0.2) is 18.0 Å². The van der Waals surface area contributed by atoms with E-state index in [9.17, 15) is 13.6 Å². The second-order valence-electron chi connectivity index (χ2n) is 12.8. The molecule has 9 nitrogen and oxygen atoms in total. The van der Waals surface area contributed by atoms with Gasteiger partial charge in [-0.15, -0.1) is 11.3 Å². The average Bonchev–Trinajstić information content (AvgIpc) is 3.66. The monoisotopic (exact) mass is 669 g/mol. The van der Waals surface area contributed by atoms with E-state index in [2.05, 4.69) is 14.7 Å². The summed E-state index contributed by atoms with van der Waals surface area (Å²) < 4.78 is 52.5. The Labute approximate surface area is 272 Å². The van der Waals surface area contributed by atoms with Crippen LogP contribution in [0.1, 0.15) is 39.0 Å². The van der Waals surface area contributed by atoms with Gasteiger partial charge in [0.15, 0.2) is 5.82 Å². The molecule has 3 saturated heterocycles. The molecule has 3 aliphatic rings. The van der Waals surface area contributed by atoms with Crippen molar-refractivity contribution < 1.29 is 22.7 Å². The Balaban J connectivity index is 1.40. The molecule has 0 saturated carbocycles. The molecule has 0 aliphatic carbocycles. The molecule has 3 atom stereocenters. The maximum Gasteiger partial charge on any atom is 0.319 e. The largest absolute Gasteiger partial charge is 0.461 e. The highest BCUT2D eigenvalue weighted by Gasteiger charge is 2.49. The summed E-state index contributed by atoms with van der Waals surface area (Å²) >= 11 is 7.71. The highest BCUT2D eigenvalue weighted by Crippen LogP contribution is 2.49. The van der Waals surface area contributed by atoms with Gasteiger partial charge in [-0.2, -0.15) is 9.97 Å². The predicted octanol–water partition coefficient (Wildman–Crippen LogP) is 6.62. The quantitative estimate of drug-likeness (QED) is 0.222. The summed E-state index contributed by atoms with van der Waals surface area (Å²) in [5, 5.41) is 0.553. The number of primary amides is 1. The van der Waals surface area contributed by atoms with Crippen LogP contribution in [0.5, 0.6) is 6.01 Å². The van der Waals surface area contributed by atoms with Gasteiger partial charge in [0.2, 0.25) is 11.6 Å². The first-order valence-corrected chi connectivity index (χ1v) is 16.3. The van der Waals surface area contributed by atoms with E-state index in [1.165, 1.54) is 18.2 Å². The zero-order valence-corrected chi connectivity index (χ0v) is 26.6. The molecule has 240 valence electrons. The van der Waals surface area contributed by atoms with Crippen LogP contribution in [0.3, 0.4) is 0 Å². The first-order valence-electron chi connectivity index (χ1n) is 15.1. The van der Waals surface area contributed by atoms with E-state index in [4.69, 9.17) is 39.4 Å². The maximum atomic E-state index is 16.9. The molecule has 4 N–H and O–H groups in total. The summed E-state index contributed by atoms with van der Waals surface area (Å²) in [4.78, 5) is 29.1. The molecule has 1 unspecified atom stereocenters. The number of alkyl halides is 1. The first kappa shape index (κ1) is 30.8. The molecule has 5 heterocycles. The third-order valence-corrected chi connectivity index (χ3v) is 11.2. The van der Waals surface area contributed by atoms with Gasteiger partial charge in [0, 0.05) is 42.4 Å². The Kier molecular flexibility index (Phi) is 7.45. The van der Waals surface area contributed by atoms with Gasteiger partial charge in [0.25, 0.3) is 0 Å². The zero-order valence-electron chi connectivity index (χ0n) is 25.0. The Morgan fingerprint density at radius 3 is 2.80 bits per heavy atom. The number of fused-ring (bicyclic) bond motifs is 3. The highest BCUT2D eigenvalue weighted by molar-refractivity contribution is 7.23. The van der Waals surface area contributed by atoms with Crippen molar-refractivity contribution in [2.24, 2.45) is 11.1 Å². The second kappa shape index (κ2) is 11.1. The van der Waals surface area contributed by atoms with Crippen LogP contribution in [0.2, 0.25) is 5.02 Å². The minimum atomic E-state index is -0.960. The molecule has 4 aromatic rings. The van der Waals surface area contributed by atoms with Crippen molar-refractivity contribution in [3.63, 3.8) is 0 Å². The number of ether oxygens (including phenoxy) is 1. The summed E-state index contributed by atoms with van der Waals surface area (Å²) in [5.74, 6) is -1.54. The fourth-order valence-corrected chi connectivity index (χ4v) is 8.71. The molecule has 0 spiro atoms. The van der Waals surface area contributed by atoms with Gasteiger partial charge >= 0.3 is 6.01 Å². The summed E-state index contributed by atoms with van der Waals surface area (Å²) in [6.45, 7) is 11.4. The number of hydrogen-bond donors (Lipinski definition) is 2. The van der Waals surface area contributed by atoms with Crippen molar-refractivity contribution in [1.82, 2.24) is 14.9 Å². The van der Waals surface area contributed by atoms with Gasteiger partial charge < -0.3 is 21.1 Å². The fraction of sp³-hybridized carbons (Fsp3) is 0.438. The van der Waals surface area contributed by atoms with Crippen molar-refractivity contribution in [2.45, 2.75) is 50.7 Å². The molecule has 0 radical (unpaired) electrons. The first-order chi connectivity index (χ1) is 21.9.